The molecule has 0 N–H and O–H groups in total. The molecule has 0 aliphatic heterocycles. The van der Waals surface area contributed by atoms with Gasteiger partial charge in [-0.1, -0.05) is 96.6 Å². The number of Topliss-reactive ketones (excluding diaryl/α,β-unsaturated/α-hetero) is 2. The zero-order valence-electron chi connectivity index (χ0n) is 20.5. The van der Waals surface area contributed by atoms with Gasteiger partial charge in [0.15, 0.2) is 0 Å². The SMILES string of the molecule is CCCCCCCCC/C=C/CCCCCCCC(=O)CCCCCCC(=O)CC. The Morgan fingerprint density at radius 2 is 0.833 bits per heavy atom. The van der Waals surface area contributed by atoms with Crippen LogP contribution in [0.1, 0.15) is 155 Å². The molecule has 0 aromatic carbocycles. The molecule has 0 aliphatic rings. The van der Waals surface area contributed by atoms with E-state index in [1.807, 2.05) is 6.92 Å². The van der Waals surface area contributed by atoms with Crippen molar-refractivity contribution in [3.63, 3.8) is 0 Å². The van der Waals surface area contributed by atoms with Gasteiger partial charge in [-0.3, -0.25) is 9.59 Å². The maximum Gasteiger partial charge on any atom is 0.132 e. The average molecular weight is 421 g/mol. The molecule has 0 unspecified atom stereocenters. The van der Waals surface area contributed by atoms with Crippen molar-refractivity contribution in [3.8, 4) is 0 Å². The van der Waals surface area contributed by atoms with Crippen LogP contribution in [0.5, 0.6) is 0 Å². The van der Waals surface area contributed by atoms with Gasteiger partial charge in [-0.15, -0.1) is 0 Å². The van der Waals surface area contributed by atoms with Crippen LogP contribution in [0.15, 0.2) is 12.2 Å². The molecule has 0 aromatic rings. The van der Waals surface area contributed by atoms with Gasteiger partial charge in [0, 0.05) is 25.7 Å². The van der Waals surface area contributed by atoms with Gasteiger partial charge in [-0.2, -0.15) is 0 Å². The summed E-state index contributed by atoms with van der Waals surface area (Å²) in [6, 6.07) is 0. The van der Waals surface area contributed by atoms with E-state index in [0.29, 0.717) is 18.0 Å². The summed E-state index contributed by atoms with van der Waals surface area (Å²) in [4.78, 5) is 23.1. The van der Waals surface area contributed by atoms with Gasteiger partial charge >= 0.3 is 0 Å². The highest BCUT2D eigenvalue weighted by Gasteiger charge is 2.03. The minimum absolute atomic E-state index is 0.366. The Morgan fingerprint density at radius 3 is 1.27 bits per heavy atom. The lowest BCUT2D eigenvalue weighted by Gasteiger charge is -2.03. The molecule has 2 nitrogen and oxygen atoms in total. The summed E-state index contributed by atoms with van der Waals surface area (Å²) in [5.74, 6) is 0.804. The maximum absolute atomic E-state index is 11.9. The van der Waals surface area contributed by atoms with Crippen LogP contribution in [0.3, 0.4) is 0 Å². The zero-order valence-corrected chi connectivity index (χ0v) is 20.5. The molecule has 0 saturated heterocycles. The second kappa shape index (κ2) is 24.4. The van der Waals surface area contributed by atoms with E-state index >= 15 is 0 Å². The Labute approximate surface area is 188 Å². The van der Waals surface area contributed by atoms with Gasteiger partial charge < -0.3 is 0 Å². The van der Waals surface area contributed by atoms with Gasteiger partial charge in [0.05, 0.1) is 0 Å². The molecule has 0 heterocycles. The number of ketones is 2. The molecule has 0 atom stereocenters. The second-order valence-corrected chi connectivity index (χ2v) is 9.03. The van der Waals surface area contributed by atoms with Gasteiger partial charge in [0.25, 0.3) is 0 Å². The number of allylic oxidation sites excluding steroid dienone is 2. The highest BCUT2D eigenvalue weighted by Crippen LogP contribution is 2.12. The Kier molecular flexibility index (Phi) is 23.6. The number of hydrogen-bond donors (Lipinski definition) is 0. The van der Waals surface area contributed by atoms with E-state index < -0.39 is 0 Å². The maximum atomic E-state index is 11.9. The number of carbonyl (C=O) groups is 2. The van der Waals surface area contributed by atoms with Crippen molar-refractivity contribution in [2.24, 2.45) is 0 Å². The van der Waals surface area contributed by atoms with Crippen LogP contribution in [0.2, 0.25) is 0 Å². The van der Waals surface area contributed by atoms with Crippen LogP contribution in [0, 0.1) is 0 Å². The first-order chi connectivity index (χ1) is 14.7. The lowest BCUT2D eigenvalue weighted by molar-refractivity contribution is -0.120. The van der Waals surface area contributed by atoms with Crippen LogP contribution >= 0.6 is 0 Å². The minimum Gasteiger partial charge on any atom is -0.300 e. The van der Waals surface area contributed by atoms with Crippen molar-refractivity contribution >= 4 is 11.6 Å². The van der Waals surface area contributed by atoms with E-state index in [0.717, 1.165) is 51.4 Å². The first kappa shape index (κ1) is 29.1. The number of rotatable bonds is 24. The summed E-state index contributed by atoms with van der Waals surface area (Å²) in [7, 11) is 0. The van der Waals surface area contributed by atoms with E-state index in [1.54, 1.807) is 0 Å². The summed E-state index contributed by atoms with van der Waals surface area (Å²) >= 11 is 0. The topological polar surface area (TPSA) is 34.1 Å². The van der Waals surface area contributed by atoms with E-state index in [4.69, 9.17) is 0 Å². The molecule has 0 aromatic heterocycles. The predicted molar refractivity (Wildman–Crippen MR) is 132 cm³/mol. The van der Waals surface area contributed by atoms with Gasteiger partial charge in [0.2, 0.25) is 0 Å². The molecule has 0 rings (SSSR count). The lowest BCUT2D eigenvalue weighted by Crippen LogP contribution is -1.98. The van der Waals surface area contributed by atoms with Crippen LogP contribution in [0.4, 0.5) is 0 Å². The van der Waals surface area contributed by atoms with Crippen molar-refractivity contribution in [2.45, 2.75) is 155 Å². The number of unbranched alkanes of at least 4 members (excludes halogenated alkanes) is 15. The Bertz CT molecular complexity index is 411. The zero-order chi connectivity index (χ0) is 22.1. The molecule has 2 heteroatoms. The molecular formula is C28H52O2. The predicted octanol–water partition coefficient (Wildman–Crippen LogP) is 9.30. The summed E-state index contributed by atoms with van der Waals surface area (Å²) in [5, 5.41) is 0. The molecule has 0 amide bonds. The Balaban J connectivity index is 3.24. The molecular weight excluding hydrogens is 368 g/mol. The van der Waals surface area contributed by atoms with E-state index in [-0.39, 0.29) is 0 Å². The van der Waals surface area contributed by atoms with E-state index in [1.165, 1.54) is 83.5 Å². The largest absolute Gasteiger partial charge is 0.300 e. The van der Waals surface area contributed by atoms with E-state index in [9.17, 15) is 9.59 Å². The summed E-state index contributed by atoms with van der Waals surface area (Å²) in [5.41, 5.74) is 0. The van der Waals surface area contributed by atoms with Gasteiger partial charge in [-0.25, -0.2) is 0 Å². The fraction of sp³-hybridized carbons (Fsp3) is 0.857. The quantitative estimate of drug-likeness (QED) is 0.115. The Morgan fingerprint density at radius 1 is 0.467 bits per heavy atom. The highest BCUT2D eigenvalue weighted by atomic mass is 16.1. The lowest BCUT2D eigenvalue weighted by atomic mass is 10.0. The number of carbonyl (C=O) groups excluding carboxylic acids is 2. The van der Waals surface area contributed by atoms with Crippen molar-refractivity contribution < 1.29 is 9.59 Å². The highest BCUT2D eigenvalue weighted by molar-refractivity contribution is 5.78. The average Bonchev–Trinajstić information content (AvgIpc) is 2.75. The normalized spacial score (nSPS) is 11.4. The molecule has 0 radical (unpaired) electrons. The minimum atomic E-state index is 0.366. The molecule has 30 heavy (non-hydrogen) atoms. The van der Waals surface area contributed by atoms with Gasteiger partial charge in [0.1, 0.15) is 11.6 Å². The van der Waals surface area contributed by atoms with Crippen LogP contribution in [-0.4, -0.2) is 11.6 Å². The summed E-state index contributed by atoms with van der Waals surface area (Å²) < 4.78 is 0. The first-order valence-corrected chi connectivity index (χ1v) is 13.4. The van der Waals surface area contributed by atoms with E-state index in [2.05, 4.69) is 19.1 Å². The van der Waals surface area contributed by atoms with Gasteiger partial charge in [-0.05, 0) is 44.9 Å². The fourth-order valence-corrected chi connectivity index (χ4v) is 3.87. The van der Waals surface area contributed by atoms with Crippen molar-refractivity contribution in [1.29, 1.82) is 0 Å². The standard InChI is InChI=1S/C28H52O2/c1-3-5-6-7-8-9-10-11-12-13-14-15-16-17-18-22-25-28(30)26-23-20-19-21-24-27(29)4-2/h12-13H,3-11,14-26H2,1-2H3/b13-12+. The number of hydrogen-bond acceptors (Lipinski definition) is 2. The fourth-order valence-electron chi connectivity index (χ4n) is 3.87. The Hall–Kier alpha value is -0.920. The smallest absolute Gasteiger partial charge is 0.132 e. The molecule has 0 bridgehead atoms. The van der Waals surface area contributed by atoms with Crippen molar-refractivity contribution in [3.05, 3.63) is 12.2 Å². The third-order valence-electron chi connectivity index (χ3n) is 6.02. The molecule has 0 aliphatic carbocycles. The monoisotopic (exact) mass is 420 g/mol. The third kappa shape index (κ3) is 23.4. The summed E-state index contributed by atoms with van der Waals surface area (Å²) in [6.45, 7) is 4.20. The second-order valence-electron chi connectivity index (χ2n) is 9.03. The van der Waals surface area contributed by atoms with Crippen molar-refractivity contribution in [1.82, 2.24) is 0 Å². The molecule has 0 fully saturated rings. The van der Waals surface area contributed by atoms with Crippen LogP contribution in [-0.2, 0) is 9.59 Å². The third-order valence-corrected chi connectivity index (χ3v) is 6.02. The first-order valence-electron chi connectivity index (χ1n) is 13.4. The molecule has 0 saturated carbocycles. The van der Waals surface area contributed by atoms with Crippen molar-refractivity contribution in [2.75, 3.05) is 0 Å². The van der Waals surface area contributed by atoms with Crippen LogP contribution < -0.4 is 0 Å². The summed E-state index contributed by atoms with van der Waals surface area (Å²) in [6.07, 6.45) is 30.2. The molecule has 0 spiro atoms. The van der Waals surface area contributed by atoms with Crippen LogP contribution in [0.25, 0.3) is 0 Å². The molecule has 176 valence electrons.